The van der Waals surface area contributed by atoms with Crippen LogP contribution < -0.4 is 15.0 Å². The molecule has 7 heteroatoms. The molecule has 1 aromatic heterocycles. The molecule has 0 atom stereocenters. The van der Waals surface area contributed by atoms with Gasteiger partial charge in [-0.2, -0.15) is 5.26 Å². The second kappa shape index (κ2) is 9.23. The van der Waals surface area contributed by atoms with Gasteiger partial charge in [-0.1, -0.05) is 23.7 Å². The SMILES string of the molecule is COc1ccc2c(N3CCC(C(=O)NCc4ccc(Cl)cc4)CC3)c(C#N)cnc2c1. The molecule has 0 radical (unpaired) electrons. The van der Waals surface area contributed by atoms with Gasteiger partial charge in [-0.25, -0.2) is 0 Å². The number of hydrogen-bond acceptors (Lipinski definition) is 5. The number of fused-ring (bicyclic) bond motifs is 1. The summed E-state index contributed by atoms with van der Waals surface area (Å²) in [5, 5.41) is 14.3. The van der Waals surface area contributed by atoms with Gasteiger partial charge in [0, 0.05) is 48.2 Å². The van der Waals surface area contributed by atoms with E-state index in [1.54, 1.807) is 13.3 Å². The largest absolute Gasteiger partial charge is 0.497 e. The normalized spacial score (nSPS) is 14.3. The van der Waals surface area contributed by atoms with Gasteiger partial charge in [0.05, 0.1) is 23.9 Å². The Hall–Kier alpha value is -3.30. The van der Waals surface area contributed by atoms with Crippen molar-refractivity contribution in [1.82, 2.24) is 10.3 Å². The molecular formula is C24H23ClN4O2. The number of nitrogens with zero attached hydrogens (tertiary/aromatic N) is 3. The highest BCUT2D eigenvalue weighted by molar-refractivity contribution is 6.30. The molecule has 0 unspecified atom stereocenters. The number of methoxy groups -OCH3 is 1. The second-order valence-corrected chi connectivity index (χ2v) is 8.06. The second-order valence-electron chi connectivity index (χ2n) is 7.62. The minimum Gasteiger partial charge on any atom is -0.497 e. The van der Waals surface area contributed by atoms with E-state index in [1.807, 2.05) is 42.5 Å². The summed E-state index contributed by atoms with van der Waals surface area (Å²) in [6.45, 7) is 1.91. The van der Waals surface area contributed by atoms with Crippen LogP contribution in [0.3, 0.4) is 0 Å². The molecule has 0 aliphatic carbocycles. The first-order chi connectivity index (χ1) is 15.1. The van der Waals surface area contributed by atoms with Crippen molar-refractivity contribution in [2.45, 2.75) is 19.4 Å². The van der Waals surface area contributed by atoms with Gasteiger partial charge in [0.25, 0.3) is 0 Å². The number of carbonyl (C=O) groups is 1. The van der Waals surface area contributed by atoms with Crippen LogP contribution in [0.25, 0.3) is 10.9 Å². The lowest BCUT2D eigenvalue weighted by Gasteiger charge is -2.34. The van der Waals surface area contributed by atoms with Crippen molar-refractivity contribution in [3.8, 4) is 11.8 Å². The van der Waals surface area contributed by atoms with E-state index < -0.39 is 0 Å². The van der Waals surface area contributed by atoms with Crippen molar-refractivity contribution in [1.29, 1.82) is 5.26 Å². The van der Waals surface area contributed by atoms with E-state index in [1.165, 1.54) is 0 Å². The molecule has 2 aromatic carbocycles. The first-order valence-corrected chi connectivity index (χ1v) is 10.6. The quantitative estimate of drug-likeness (QED) is 0.647. The predicted molar refractivity (Wildman–Crippen MR) is 121 cm³/mol. The van der Waals surface area contributed by atoms with E-state index >= 15 is 0 Å². The summed E-state index contributed by atoms with van der Waals surface area (Å²) < 4.78 is 5.30. The molecule has 0 bridgehead atoms. The third-order valence-electron chi connectivity index (χ3n) is 5.73. The van der Waals surface area contributed by atoms with Crippen molar-refractivity contribution in [3.05, 3.63) is 64.8 Å². The third kappa shape index (κ3) is 4.57. The number of benzene rings is 2. The average molecular weight is 435 g/mol. The van der Waals surface area contributed by atoms with Gasteiger partial charge >= 0.3 is 0 Å². The molecule has 31 heavy (non-hydrogen) atoms. The molecule has 158 valence electrons. The Morgan fingerprint density at radius 2 is 2.00 bits per heavy atom. The fourth-order valence-corrected chi connectivity index (χ4v) is 4.14. The number of aromatic nitrogens is 1. The Morgan fingerprint density at radius 1 is 1.26 bits per heavy atom. The molecule has 6 nitrogen and oxygen atoms in total. The number of hydrogen-bond donors (Lipinski definition) is 1. The lowest BCUT2D eigenvalue weighted by atomic mass is 9.94. The Bertz CT molecular complexity index is 1130. The van der Waals surface area contributed by atoms with Crippen molar-refractivity contribution < 1.29 is 9.53 Å². The van der Waals surface area contributed by atoms with E-state index in [4.69, 9.17) is 16.3 Å². The van der Waals surface area contributed by atoms with E-state index in [0.29, 0.717) is 30.2 Å². The topological polar surface area (TPSA) is 78.2 Å². The third-order valence-corrected chi connectivity index (χ3v) is 5.98. The number of carbonyl (C=O) groups excluding carboxylic acids is 1. The minimum absolute atomic E-state index is 0.0396. The van der Waals surface area contributed by atoms with Crippen LogP contribution in [-0.2, 0) is 11.3 Å². The number of anilines is 1. The standard InChI is InChI=1S/C24H23ClN4O2/c1-31-20-6-7-21-22(12-20)27-15-18(13-26)23(21)29-10-8-17(9-11-29)24(30)28-14-16-2-4-19(25)5-3-16/h2-7,12,15,17H,8-11,14H2,1H3,(H,28,30). The number of halogens is 1. The van der Waals surface area contributed by atoms with Crippen LogP contribution in [0.2, 0.25) is 5.02 Å². The Labute approximate surface area is 186 Å². The van der Waals surface area contributed by atoms with Crippen LogP contribution in [0.1, 0.15) is 24.0 Å². The highest BCUT2D eigenvalue weighted by Gasteiger charge is 2.27. The molecule has 1 aliphatic heterocycles. The Kier molecular flexibility index (Phi) is 6.24. The predicted octanol–water partition coefficient (Wildman–Crippen LogP) is 4.30. The zero-order valence-electron chi connectivity index (χ0n) is 17.3. The van der Waals surface area contributed by atoms with Gasteiger partial charge < -0.3 is 15.0 Å². The summed E-state index contributed by atoms with van der Waals surface area (Å²) in [4.78, 5) is 19.3. The first kappa shape index (κ1) is 21.0. The number of nitrogens with one attached hydrogen (secondary N) is 1. The first-order valence-electron chi connectivity index (χ1n) is 10.2. The van der Waals surface area contributed by atoms with Gasteiger partial charge in [-0.15, -0.1) is 0 Å². The minimum atomic E-state index is -0.0396. The molecule has 1 N–H and O–H groups in total. The smallest absolute Gasteiger partial charge is 0.223 e. The number of piperidine rings is 1. The number of amides is 1. The molecule has 4 rings (SSSR count). The summed E-state index contributed by atoms with van der Waals surface area (Å²) in [6, 6.07) is 15.4. The summed E-state index contributed by atoms with van der Waals surface area (Å²) in [5.41, 5.74) is 3.24. The monoisotopic (exact) mass is 434 g/mol. The average Bonchev–Trinajstić information content (AvgIpc) is 2.82. The van der Waals surface area contributed by atoms with E-state index in [0.717, 1.165) is 40.7 Å². The molecule has 1 saturated heterocycles. The van der Waals surface area contributed by atoms with Gasteiger partial charge in [0.1, 0.15) is 11.8 Å². The highest BCUT2D eigenvalue weighted by atomic mass is 35.5. The van der Waals surface area contributed by atoms with Crippen molar-refractivity contribution in [2.75, 3.05) is 25.1 Å². The van der Waals surface area contributed by atoms with Gasteiger partial charge in [-0.05, 0) is 42.7 Å². The zero-order valence-corrected chi connectivity index (χ0v) is 18.0. The fraction of sp³-hybridized carbons (Fsp3) is 0.292. The number of pyridine rings is 1. The van der Waals surface area contributed by atoms with E-state index in [2.05, 4.69) is 21.3 Å². The van der Waals surface area contributed by atoms with Crippen molar-refractivity contribution in [2.24, 2.45) is 5.92 Å². The van der Waals surface area contributed by atoms with E-state index in [9.17, 15) is 10.1 Å². The summed E-state index contributed by atoms with van der Waals surface area (Å²) in [5.74, 6) is 0.758. The number of ether oxygens (including phenoxy) is 1. The summed E-state index contributed by atoms with van der Waals surface area (Å²) in [6.07, 6.45) is 3.08. The van der Waals surface area contributed by atoms with Crippen LogP contribution >= 0.6 is 11.6 Å². The molecule has 0 saturated carbocycles. The Morgan fingerprint density at radius 3 is 2.68 bits per heavy atom. The maximum Gasteiger partial charge on any atom is 0.223 e. The molecular weight excluding hydrogens is 412 g/mol. The molecule has 1 amide bonds. The van der Waals surface area contributed by atoms with Gasteiger partial charge in [-0.3, -0.25) is 9.78 Å². The van der Waals surface area contributed by atoms with Crippen LogP contribution in [0.15, 0.2) is 48.7 Å². The lowest BCUT2D eigenvalue weighted by Crippen LogP contribution is -2.40. The zero-order chi connectivity index (χ0) is 21.8. The lowest BCUT2D eigenvalue weighted by molar-refractivity contribution is -0.125. The van der Waals surface area contributed by atoms with Crippen LogP contribution in [-0.4, -0.2) is 31.1 Å². The maximum atomic E-state index is 12.7. The summed E-state index contributed by atoms with van der Waals surface area (Å²) in [7, 11) is 1.62. The molecule has 1 fully saturated rings. The fourth-order valence-electron chi connectivity index (χ4n) is 4.01. The number of rotatable bonds is 5. The maximum absolute atomic E-state index is 12.7. The van der Waals surface area contributed by atoms with Crippen LogP contribution in [0, 0.1) is 17.2 Å². The summed E-state index contributed by atoms with van der Waals surface area (Å²) >= 11 is 5.91. The van der Waals surface area contributed by atoms with Crippen molar-refractivity contribution in [3.63, 3.8) is 0 Å². The van der Waals surface area contributed by atoms with Gasteiger partial charge in [0.2, 0.25) is 5.91 Å². The Balaban J connectivity index is 1.44. The van der Waals surface area contributed by atoms with Crippen molar-refractivity contribution >= 4 is 34.1 Å². The van der Waals surface area contributed by atoms with E-state index in [-0.39, 0.29) is 11.8 Å². The molecule has 0 spiro atoms. The number of nitriles is 1. The molecule has 3 aromatic rings. The van der Waals surface area contributed by atoms with Crippen LogP contribution in [0.4, 0.5) is 5.69 Å². The molecule has 2 heterocycles. The van der Waals surface area contributed by atoms with Gasteiger partial charge in [0.15, 0.2) is 0 Å². The highest BCUT2D eigenvalue weighted by Crippen LogP contribution is 2.34. The van der Waals surface area contributed by atoms with Crippen LogP contribution in [0.5, 0.6) is 5.75 Å². The molecule has 1 aliphatic rings.